The Bertz CT molecular complexity index is 902. The van der Waals surface area contributed by atoms with Gasteiger partial charge in [-0.15, -0.1) is 0 Å². The zero-order chi connectivity index (χ0) is 18.1. The quantitative estimate of drug-likeness (QED) is 0.869. The fourth-order valence-electron chi connectivity index (χ4n) is 3.60. The predicted octanol–water partition coefficient (Wildman–Crippen LogP) is 2.69. The summed E-state index contributed by atoms with van der Waals surface area (Å²) in [5.74, 6) is 0.614. The molecule has 2 aromatic rings. The van der Waals surface area contributed by atoms with Gasteiger partial charge in [-0.05, 0) is 37.1 Å². The highest BCUT2D eigenvalue weighted by Gasteiger charge is 2.36. The Morgan fingerprint density at radius 1 is 1.19 bits per heavy atom. The zero-order valence-corrected chi connectivity index (χ0v) is 15.9. The number of nitrogens with one attached hydrogen (secondary N) is 1. The molecule has 1 saturated heterocycles. The van der Waals surface area contributed by atoms with E-state index in [1.54, 1.807) is 28.6 Å². The number of rotatable bonds is 3. The average Bonchev–Trinajstić information content (AvgIpc) is 2.68. The van der Waals surface area contributed by atoms with E-state index < -0.39 is 10.0 Å². The van der Waals surface area contributed by atoms with Crippen molar-refractivity contribution < 1.29 is 8.42 Å². The van der Waals surface area contributed by atoms with E-state index in [0.29, 0.717) is 17.4 Å². The lowest BCUT2D eigenvalue weighted by Gasteiger charge is -2.34. The summed E-state index contributed by atoms with van der Waals surface area (Å²) >= 11 is 5.91. The van der Waals surface area contributed by atoms with Gasteiger partial charge in [-0.1, -0.05) is 18.0 Å². The third-order valence-corrected chi connectivity index (χ3v) is 7.17. The number of halogens is 1. The van der Waals surface area contributed by atoms with Crippen LogP contribution >= 0.6 is 11.6 Å². The molecule has 0 amide bonds. The summed E-state index contributed by atoms with van der Waals surface area (Å²) in [6, 6.07) is 6.02. The summed E-state index contributed by atoms with van der Waals surface area (Å²) in [6.07, 6.45) is 5.24. The molecule has 0 saturated carbocycles. The van der Waals surface area contributed by atoms with Gasteiger partial charge < -0.3 is 5.32 Å². The van der Waals surface area contributed by atoms with Gasteiger partial charge in [0.25, 0.3) is 0 Å². The van der Waals surface area contributed by atoms with Crippen molar-refractivity contribution in [2.75, 3.05) is 13.1 Å². The van der Waals surface area contributed by atoms with Crippen molar-refractivity contribution in [3.63, 3.8) is 0 Å². The molecule has 2 aliphatic rings. The summed E-state index contributed by atoms with van der Waals surface area (Å²) in [5.41, 5.74) is 2.13. The molecule has 6 nitrogen and oxygen atoms in total. The van der Waals surface area contributed by atoms with Gasteiger partial charge in [0, 0.05) is 48.5 Å². The van der Waals surface area contributed by atoms with Crippen molar-refractivity contribution in [1.29, 1.82) is 0 Å². The second kappa shape index (κ2) is 7.23. The van der Waals surface area contributed by atoms with Crippen LogP contribution in [0.15, 0.2) is 35.4 Å². The van der Waals surface area contributed by atoms with E-state index >= 15 is 0 Å². The van der Waals surface area contributed by atoms with Crippen molar-refractivity contribution in [1.82, 2.24) is 19.6 Å². The Kier molecular flexibility index (Phi) is 4.96. The van der Waals surface area contributed by atoms with Gasteiger partial charge in [0.2, 0.25) is 10.0 Å². The first-order chi connectivity index (χ1) is 12.6. The lowest BCUT2D eigenvalue weighted by atomic mass is 10.0. The van der Waals surface area contributed by atoms with E-state index in [1.165, 1.54) is 0 Å². The van der Waals surface area contributed by atoms with Gasteiger partial charge in [0.05, 0.1) is 10.9 Å². The van der Waals surface area contributed by atoms with Crippen LogP contribution in [-0.4, -0.2) is 35.8 Å². The first-order valence-electron chi connectivity index (χ1n) is 8.88. The second-order valence-corrected chi connectivity index (χ2v) is 9.04. The third kappa shape index (κ3) is 3.36. The van der Waals surface area contributed by atoms with Crippen LogP contribution in [0.5, 0.6) is 0 Å². The minimum absolute atomic E-state index is 0.260. The topological polar surface area (TPSA) is 75.2 Å². The number of fused-ring (bicyclic) bond motifs is 1. The van der Waals surface area contributed by atoms with E-state index in [9.17, 15) is 8.42 Å². The molecule has 1 fully saturated rings. The Hall–Kier alpha value is -1.54. The van der Waals surface area contributed by atoms with Gasteiger partial charge >= 0.3 is 0 Å². The molecule has 1 aromatic carbocycles. The van der Waals surface area contributed by atoms with Crippen molar-refractivity contribution in [3.05, 3.63) is 52.6 Å². The molecule has 0 aliphatic carbocycles. The van der Waals surface area contributed by atoms with Crippen molar-refractivity contribution in [2.45, 2.75) is 43.2 Å². The third-order valence-electron chi connectivity index (χ3n) is 5.00. The number of nitrogens with zero attached hydrogens (tertiary/aromatic N) is 3. The number of hydrogen-bond donors (Lipinski definition) is 1. The van der Waals surface area contributed by atoms with Crippen molar-refractivity contribution in [3.8, 4) is 0 Å². The van der Waals surface area contributed by atoms with Crippen LogP contribution in [0.2, 0.25) is 5.02 Å². The van der Waals surface area contributed by atoms with Crippen LogP contribution in [0, 0.1) is 0 Å². The summed E-state index contributed by atoms with van der Waals surface area (Å²) in [5, 5.41) is 3.82. The van der Waals surface area contributed by atoms with Gasteiger partial charge in [-0.3, -0.25) is 0 Å². The highest BCUT2D eigenvalue weighted by Crippen LogP contribution is 2.34. The molecular formula is C18H21ClN4O2S. The minimum atomic E-state index is -3.62. The van der Waals surface area contributed by atoms with Crippen LogP contribution in [0.1, 0.15) is 42.4 Å². The maximum absolute atomic E-state index is 13.2. The number of piperidine rings is 1. The molecule has 1 aromatic heterocycles. The molecule has 3 heterocycles. The molecular weight excluding hydrogens is 372 g/mol. The van der Waals surface area contributed by atoms with Gasteiger partial charge in [-0.25, -0.2) is 18.4 Å². The van der Waals surface area contributed by atoms with Crippen molar-refractivity contribution >= 4 is 21.6 Å². The Balaban J connectivity index is 1.69. The normalized spacial score (nSPS) is 21.3. The molecule has 0 unspecified atom stereocenters. The molecule has 0 spiro atoms. The standard InChI is InChI=1S/C18H21ClN4O2S/c19-14-4-6-15(7-5-14)26(24,25)23-10-2-1-3-17(23)18-21-12-13-11-20-9-8-16(13)22-18/h4-7,12,17,20H,1-3,8-11H2/t17-/m0/s1. The Morgan fingerprint density at radius 3 is 2.81 bits per heavy atom. The molecule has 0 bridgehead atoms. The predicted molar refractivity (Wildman–Crippen MR) is 99.4 cm³/mol. The largest absolute Gasteiger partial charge is 0.312 e. The SMILES string of the molecule is O=S(=O)(c1ccc(Cl)cc1)N1CCCC[C@H]1c1ncc2c(n1)CCNC2. The molecule has 4 rings (SSSR count). The van der Waals surface area contributed by atoms with E-state index in [1.807, 2.05) is 6.20 Å². The number of sulfonamides is 1. The average molecular weight is 393 g/mol. The fraction of sp³-hybridized carbons (Fsp3) is 0.444. The van der Waals surface area contributed by atoms with Gasteiger partial charge in [0.15, 0.2) is 0 Å². The number of aromatic nitrogens is 2. The Labute approximate surface area is 158 Å². The van der Waals surface area contributed by atoms with Gasteiger partial charge in [-0.2, -0.15) is 4.31 Å². The number of hydrogen-bond acceptors (Lipinski definition) is 5. The smallest absolute Gasteiger partial charge is 0.243 e. The highest BCUT2D eigenvalue weighted by molar-refractivity contribution is 7.89. The molecule has 1 N–H and O–H groups in total. The van der Waals surface area contributed by atoms with Gasteiger partial charge in [0.1, 0.15) is 5.82 Å². The number of benzene rings is 1. The molecule has 2 aliphatic heterocycles. The summed E-state index contributed by atoms with van der Waals surface area (Å²) in [6.45, 7) is 2.14. The highest BCUT2D eigenvalue weighted by atomic mass is 35.5. The second-order valence-electron chi connectivity index (χ2n) is 6.71. The van der Waals surface area contributed by atoms with Crippen LogP contribution < -0.4 is 5.32 Å². The molecule has 26 heavy (non-hydrogen) atoms. The molecule has 0 radical (unpaired) electrons. The maximum Gasteiger partial charge on any atom is 0.243 e. The molecule has 8 heteroatoms. The van der Waals surface area contributed by atoms with Crippen LogP contribution in [0.25, 0.3) is 0 Å². The van der Waals surface area contributed by atoms with Crippen molar-refractivity contribution in [2.24, 2.45) is 0 Å². The summed E-state index contributed by atoms with van der Waals surface area (Å²) < 4.78 is 27.9. The lowest BCUT2D eigenvalue weighted by Crippen LogP contribution is -2.39. The maximum atomic E-state index is 13.2. The molecule has 138 valence electrons. The lowest BCUT2D eigenvalue weighted by molar-refractivity contribution is 0.246. The molecule has 1 atom stereocenters. The zero-order valence-electron chi connectivity index (χ0n) is 14.4. The van der Waals surface area contributed by atoms with E-state index in [-0.39, 0.29) is 10.9 Å². The van der Waals surface area contributed by atoms with Crippen LogP contribution in [-0.2, 0) is 23.0 Å². The van der Waals surface area contributed by atoms with Crippen LogP contribution in [0.3, 0.4) is 0 Å². The monoisotopic (exact) mass is 392 g/mol. The Morgan fingerprint density at radius 2 is 2.00 bits per heavy atom. The first-order valence-corrected chi connectivity index (χ1v) is 10.7. The van der Waals surface area contributed by atoms with Crippen LogP contribution in [0.4, 0.5) is 0 Å². The first kappa shape index (κ1) is 17.9. The minimum Gasteiger partial charge on any atom is -0.312 e. The summed E-state index contributed by atoms with van der Waals surface area (Å²) in [4.78, 5) is 9.50. The van der Waals surface area contributed by atoms with E-state index in [4.69, 9.17) is 16.6 Å². The fourth-order valence-corrected chi connectivity index (χ4v) is 5.39. The summed E-state index contributed by atoms with van der Waals surface area (Å²) in [7, 11) is -3.62. The van der Waals surface area contributed by atoms with E-state index in [0.717, 1.165) is 50.0 Å². The van der Waals surface area contributed by atoms with E-state index in [2.05, 4.69) is 10.3 Å².